The molecule has 1 aliphatic rings. The van der Waals surface area contributed by atoms with Crippen molar-refractivity contribution in [2.24, 2.45) is 4.99 Å². The lowest BCUT2D eigenvalue weighted by Gasteiger charge is -2.16. The molecule has 2 N–H and O–H groups in total. The molecule has 3 nitrogen and oxygen atoms in total. The highest BCUT2D eigenvalue weighted by molar-refractivity contribution is 8.14. The standard InChI is InChI=1S/C13H15F3N2OS/c1-7(17-12-18-11(19)8(2)20-12)9-5-3-4-6-10(9)13(14,15)16/h3-8,11,19H,1-2H3,(H,17,18)/t7-,8?,11?/m0/s1. The van der Waals surface area contributed by atoms with Crippen LogP contribution in [0.25, 0.3) is 0 Å². The Balaban J connectivity index is 2.27. The van der Waals surface area contributed by atoms with Crippen molar-refractivity contribution in [3.05, 3.63) is 35.4 Å². The molecule has 0 radical (unpaired) electrons. The van der Waals surface area contributed by atoms with Gasteiger partial charge in [-0.25, -0.2) is 0 Å². The number of halogens is 3. The molecule has 3 atom stereocenters. The molecule has 1 aliphatic heterocycles. The highest BCUT2D eigenvalue weighted by atomic mass is 32.2. The number of aliphatic hydroxyl groups excluding tert-OH is 1. The van der Waals surface area contributed by atoms with Crippen LogP contribution in [0, 0.1) is 0 Å². The molecular formula is C13H15F3N2OS. The van der Waals surface area contributed by atoms with Crippen molar-refractivity contribution in [3.8, 4) is 0 Å². The zero-order chi connectivity index (χ0) is 14.9. The fourth-order valence-corrected chi connectivity index (χ4v) is 2.91. The number of amidine groups is 1. The largest absolute Gasteiger partial charge is 0.416 e. The van der Waals surface area contributed by atoms with Crippen molar-refractivity contribution in [1.29, 1.82) is 0 Å². The fourth-order valence-electron chi connectivity index (χ4n) is 1.95. The first kappa shape index (κ1) is 15.2. The van der Waals surface area contributed by atoms with Gasteiger partial charge in [0.25, 0.3) is 0 Å². The molecule has 1 heterocycles. The molecule has 7 heteroatoms. The summed E-state index contributed by atoms with van der Waals surface area (Å²) in [7, 11) is 0. The third kappa shape index (κ3) is 3.27. The predicted octanol–water partition coefficient (Wildman–Crippen LogP) is 3.17. The first-order valence-electron chi connectivity index (χ1n) is 6.14. The van der Waals surface area contributed by atoms with Crippen molar-refractivity contribution in [2.45, 2.75) is 37.5 Å². The third-order valence-corrected chi connectivity index (χ3v) is 4.12. The summed E-state index contributed by atoms with van der Waals surface area (Å²) in [6.07, 6.45) is -5.11. The summed E-state index contributed by atoms with van der Waals surface area (Å²) in [6.45, 7) is 3.42. The van der Waals surface area contributed by atoms with Crippen LogP contribution in [-0.2, 0) is 6.18 Å². The van der Waals surface area contributed by atoms with Gasteiger partial charge >= 0.3 is 6.18 Å². The molecule has 0 amide bonds. The van der Waals surface area contributed by atoms with Gasteiger partial charge in [0.1, 0.15) is 6.23 Å². The van der Waals surface area contributed by atoms with Crippen molar-refractivity contribution in [1.82, 2.24) is 5.32 Å². The van der Waals surface area contributed by atoms with Gasteiger partial charge in [0.15, 0.2) is 5.17 Å². The first-order valence-corrected chi connectivity index (χ1v) is 7.02. The van der Waals surface area contributed by atoms with Gasteiger partial charge in [-0.2, -0.15) is 13.2 Å². The predicted molar refractivity (Wildman–Crippen MR) is 73.5 cm³/mol. The summed E-state index contributed by atoms with van der Waals surface area (Å²) in [5, 5.41) is 12.7. The summed E-state index contributed by atoms with van der Waals surface area (Å²) in [5.74, 6) is 0. The number of thioether (sulfide) groups is 1. The Hall–Kier alpha value is -1.21. The Bertz CT molecular complexity index is 507. The minimum atomic E-state index is -4.39. The molecule has 0 saturated carbocycles. The Labute approximate surface area is 119 Å². The molecular weight excluding hydrogens is 289 g/mol. The second kappa shape index (κ2) is 5.65. The highest BCUT2D eigenvalue weighted by Gasteiger charge is 2.34. The number of nitrogens with one attached hydrogen (secondary N) is 1. The number of hydrogen-bond donors (Lipinski definition) is 2. The van der Waals surface area contributed by atoms with Gasteiger partial charge in [0, 0.05) is 0 Å². The molecule has 0 bridgehead atoms. The second-order valence-electron chi connectivity index (χ2n) is 4.61. The second-order valence-corrected chi connectivity index (χ2v) is 5.97. The first-order chi connectivity index (χ1) is 9.29. The van der Waals surface area contributed by atoms with E-state index < -0.39 is 24.0 Å². The van der Waals surface area contributed by atoms with Crippen LogP contribution < -0.4 is 5.32 Å². The maximum Gasteiger partial charge on any atom is 0.416 e. The van der Waals surface area contributed by atoms with E-state index in [1.165, 1.54) is 23.9 Å². The lowest BCUT2D eigenvalue weighted by atomic mass is 10.0. The van der Waals surface area contributed by atoms with Crippen LogP contribution in [0.4, 0.5) is 13.2 Å². The number of alkyl halides is 3. The van der Waals surface area contributed by atoms with Crippen molar-refractivity contribution in [2.75, 3.05) is 0 Å². The molecule has 1 saturated heterocycles. The van der Waals surface area contributed by atoms with Crippen molar-refractivity contribution >= 4 is 16.9 Å². The van der Waals surface area contributed by atoms with Crippen molar-refractivity contribution in [3.63, 3.8) is 0 Å². The monoisotopic (exact) mass is 304 g/mol. The Morgan fingerprint density at radius 2 is 2.00 bits per heavy atom. The topological polar surface area (TPSA) is 44.6 Å². The van der Waals surface area contributed by atoms with E-state index in [1.807, 2.05) is 6.92 Å². The zero-order valence-corrected chi connectivity index (χ0v) is 11.8. The SMILES string of the molecule is CC1SC(=N[C@@H](C)c2ccccc2C(F)(F)F)NC1O. The summed E-state index contributed by atoms with van der Waals surface area (Å²) < 4.78 is 38.8. The highest BCUT2D eigenvalue weighted by Crippen LogP contribution is 2.36. The summed E-state index contributed by atoms with van der Waals surface area (Å²) in [5.41, 5.74) is -0.544. The van der Waals surface area contributed by atoms with Crippen molar-refractivity contribution < 1.29 is 18.3 Å². The van der Waals surface area contributed by atoms with E-state index in [4.69, 9.17) is 0 Å². The molecule has 0 aliphatic carbocycles. The molecule has 1 fully saturated rings. The molecule has 2 rings (SSSR count). The summed E-state index contributed by atoms with van der Waals surface area (Å²) >= 11 is 1.32. The van der Waals surface area contributed by atoms with Gasteiger partial charge in [-0.15, -0.1) is 0 Å². The van der Waals surface area contributed by atoms with Gasteiger partial charge < -0.3 is 10.4 Å². The lowest BCUT2D eigenvalue weighted by molar-refractivity contribution is -0.138. The van der Waals surface area contributed by atoms with Crippen LogP contribution in [0.2, 0.25) is 0 Å². The molecule has 0 aromatic heterocycles. The quantitative estimate of drug-likeness (QED) is 0.882. The van der Waals surface area contributed by atoms with E-state index in [9.17, 15) is 18.3 Å². The molecule has 1 aromatic carbocycles. The summed E-state index contributed by atoms with van der Waals surface area (Å²) in [4.78, 5) is 4.23. The van der Waals surface area contributed by atoms with Crippen LogP contribution in [-0.4, -0.2) is 21.8 Å². The fraction of sp³-hybridized carbons (Fsp3) is 0.462. The maximum atomic E-state index is 12.9. The Morgan fingerprint density at radius 1 is 1.35 bits per heavy atom. The smallest absolute Gasteiger partial charge is 0.373 e. The van der Waals surface area contributed by atoms with Gasteiger partial charge in [-0.3, -0.25) is 4.99 Å². The molecule has 20 heavy (non-hydrogen) atoms. The van der Waals surface area contributed by atoms with Gasteiger partial charge in [0.2, 0.25) is 0 Å². The number of aliphatic imine (C=N–C) groups is 1. The van der Waals surface area contributed by atoms with E-state index in [2.05, 4.69) is 10.3 Å². The van der Waals surface area contributed by atoms with E-state index in [0.29, 0.717) is 5.17 Å². The number of rotatable bonds is 2. The van der Waals surface area contributed by atoms with Crippen LogP contribution in [0.1, 0.15) is 31.0 Å². The minimum Gasteiger partial charge on any atom is -0.373 e. The Morgan fingerprint density at radius 3 is 2.55 bits per heavy atom. The molecule has 110 valence electrons. The van der Waals surface area contributed by atoms with Gasteiger partial charge in [0.05, 0.1) is 16.9 Å². The Kier molecular flexibility index (Phi) is 4.29. The summed E-state index contributed by atoms with van der Waals surface area (Å²) in [6, 6.07) is 4.77. The third-order valence-electron chi connectivity index (χ3n) is 3.04. The number of hydrogen-bond acceptors (Lipinski definition) is 3. The molecule has 0 spiro atoms. The minimum absolute atomic E-state index is 0.0705. The zero-order valence-electron chi connectivity index (χ0n) is 11.0. The molecule has 1 aromatic rings. The van der Waals surface area contributed by atoms with Gasteiger partial charge in [-0.05, 0) is 25.5 Å². The normalized spacial score (nSPS) is 26.6. The maximum absolute atomic E-state index is 12.9. The number of benzene rings is 1. The van der Waals surface area contributed by atoms with Crippen LogP contribution in [0.3, 0.4) is 0 Å². The average molecular weight is 304 g/mol. The van der Waals surface area contributed by atoms with E-state index in [-0.39, 0.29) is 10.8 Å². The molecule has 2 unspecified atom stereocenters. The van der Waals surface area contributed by atoms with E-state index >= 15 is 0 Å². The average Bonchev–Trinajstić information content (AvgIpc) is 2.67. The van der Waals surface area contributed by atoms with Gasteiger partial charge in [-0.1, -0.05) is 30.0 Å². The van der Waals surface area contributed by atoms with Crippen LogP contribution in [0.5, 0.6) is 0 Å². The van der Waals surface area contributed by atoms with Crippen LogP contribution in [0.15, 0.2) is 29.3 Å². The lowest BCUT2D eigenvalue weighted by Crippen LogP contribution is -2.29. The number of nitrogens with zero attached hydrogens (tertiary/aromatic N) is 1. The van der Waals surface area contributed by atoms with E-state index in [1.54, 1.807) is 13.0 Å². The van der Waals surface area contributed by atoms with E-state index in [0.717, 1.165) is 6.07 Å². The van der Waals surface area contributed by atoms with Crippen LogP contribution >= 0.6 is 11.8 Å². The number of aliphatic hydroxyl groups is 1.